The maximum absolute atomic E-state index is 13.2. The Hall–Kier alpha value is -1.35. The van der Waals surface area contributed by atoms with Gasteiger partial charge in [0.1, 0.15) is 0 Å². The number of hydrogen-bond donors (Lipinski definition) is 0. The van der Waals surface area contributed by atoms with Crippen LogP contribution in [-0.4, -0.2) is 74.0 Å². The Morgan fingerprint density at radius 1 is 1.15 bits per heavy atom. The lowest BCUT2D eigenvalue weighted by molar-refractivity contribution is 0.0113. The topological polar surface area (TPSA) is 62.3 Å². The van der Waals surface area contributed by atoms with E-state index < -0.39 is 10.2 Å². The van der Waals surface area contributed by atoms with Crippen LogP contribution in [0.4, 0.5) is 0 Å². The van der Waals surface area contributed by atoms with Crippen LogP contribution < -0.4 is 9.47 Å². The van der Waals surface area contributed by atoms with E-state index in [9.17, 15) is 8.42 Å². The Balaban J connectivity index is 1.55. The predicted molar refractivity (Wildman–Crippen MR) is 101 cm³/mol. The molecule has 6 rings (SSSR count). The van der Waals surface area contributed by atoms with Gasteiger partial charge in [0.05, 0.1) is 0 Å². The van der Waals surface area contributed by atoms with Crippen molar-refractivity contribution in [2.24, 2.45) is 5.92 Å². The fourth-order valence-electron chi connectivity index (χ4n) is 5.41. The third kappa shape index (κ3) is 2.61. The number of piperidine rings is 3. The molecule has 1 aromatic rings. The van der Waals surface area contributed by atoms with Crippen molar-refractivity contribution in [3.05, 3.63) is 23.8 Å². The third-order valence-electron chi connectivity index (χ3n) is 6.91. The molecule has 0 spiro atoms. The van der Waals surface area contributed by atoms with Crippen molar-refractivity contribution in [2.45, 2.75) is 37.8 Å². The molecule has 0 aliphatic carbocycles. The zero-order chi connectivity index (χ0) is 18.8. The summed E-state index contributed by atoms with van der Waals surface area (Å²) in [7, 11) is -1.77. The van der Waals surface area contributed by atoms with Gasteiger partial charge in [-0.05, 0) is 49.5 Å². The molecule has 4 fully saturated rings. The van der Waals surface area contributed by atoms with Crippen LogP contribution in [0.1, 0.15) is 31.2 Å². The second kappa shape index (κ2) is 6.34. The first-order valence-electron chi connectivity index (χ1n) is 9.87. The minimum atomic E-state index is -3.45. The SMILES string of the molecule is CCN(C)S(=O)(=O)N1C[C@H](c2ccc3c(c2)OCO3)[C@H]2[C@@H]1C1CCN2CC1. The predicted octanol–water partition coefficient (Wildman–Crippen LogP) is 1.47. The Kier molecular flexibility index (Phi) is 4.16. The van der Waals surface area contributed by atoms with Crippen molar-refractivity contribution < 1.29 is 17.9 Å². The summed E-state index contributed by atoms with van der Waals surface area (Å²) in [6, 6.07) is 6.41. The third-order valence-corrected chi connectivity index (χ3v) is 8.94. The van der Waals surface area contributed by atoms with Crippen molar-refractivity contribution in [3.63, 3.8) is 0 Å². The van der Waals surface area contributed by atoms with Crippen LogP contribution in [0, 0.1) is 5.92 Å². The van der Waals surface area contributed by atoms with Crippen molar-refractivity contribution in [1.29, 1.82) is 0 Å². The summed E-state index contributed by atoms with van der Waals surface area (Å²) >= 11 is 0. The summed E-state index contributed by atoms with van der Waals surface area (Å²) in [6.07, 6.45) is 2.19. The Labute approximate surface area is 161 Å². The molecule has 0 amide bonds. The van der Waals surface area contributed by atoms with E-state index >= 15 is 0 Å². The number of hydrogen-bond acceptors (Lipinski definition) is 5. The average molecular weight is 394 g/mol. The first-order chi connectivity index (χ1) is 13.0. The number of nitrogens with zero attached hydrogens (tertiary/aromatic N) is 3. The lowest BCUT2D eigenvalue weighted by atomic mass is 9.75. The summed E-state index contributed by atoms with van der Waals surface area (Å²) in [6.45, 7) is 5.31. The van der Waals surface area contributed by atoms with Gasteiger partial charge in [-0.2, -0.15) is 17.0 Å². The van der Waals surface area contributed by atoms with Gasteiger partial charge in [-0.3, -0.25) is 4.90 Å². The largest absolute Gasteiger partial charge is 0.454 e. The number of rotatable bonds is 4. The van der Waals surface area contributed by atoms with E-state index in [-0.39, 0.29) is 24.8 Å². The highest BCUT2D eigenvalue weighted by Crippen LogP contribution is 2.48. The fourth-order valence-corrected chi connectivity index (χ4v) is 7.05. The van der Waals surface area contributed by atoms with Gasteiger partial charge in [-0.1, -0.05) is 13.0 Å². The first-order valence-corrected chi connectivity index (χ1v) is 11.3. The monoisotopic (exact) mass is 393 g/mol. The molecule has 148 valence electrons. The van der Waals surface area contributed by atoms with Crippen LogP contribution in [0.25, 0.3) is 0 Å². The molecule has 27 heavy (non-hydrogen) atoms. The van der Waals surface area contributed by atoms with Gasteiger partial charge in [-0.25, -0.2) is 0 Å². The lowest BCUT2D eigenvalue weighted by Crippen LogP contribution is -2.61. The van der Waals surface area contributed by atoms with E-state index in [4.69, 9.17) is 9.47 Å². The van der Waals surface area contributed by atoms with E-state index in [1.165, 1.54) is 4.31 Å². The highest BCUT2D eigenvalue weighted by atomic mass is 32.2. The molecule has 3 atom stereocenters. The molecule has 5 aliphatic rings. The van der Waals surface area contributed by atoms with Gasteiger partial charge >= 0.3 is 0 Å². The molecule has 0 N–H and O–H groups in total. The maximum Gasteiger partial charge on any atom is 0.282 e. The number of ether oxygens (including phenoxy) is 2. The summed E-state index contributed by atoms with van der Waals surface area (Å²) in [4.78, 5) is 2.52. The molecule has 4 saturated heterocycles. The fraction of sp³-hybridized carbons (Fsp3) is 0.684. The van der Waals surface area contributed by atoms with Gasteiger partial charge in [0.25, 0.3) is 10.2 Å². The van der Waals surface area contributed by atoms with Gasteiger partial charge in [0.2, 0.25) is 6.79 Å². The van der Waals surface area contributed by atoms with Gasteiger partial charge < -0.3 is 9.47 Å². The zero-order valence-corrected chi connectivity index (χ0v) is 16.7. The maximum atomic E-state index is 13.2. The van der Waals surface area contributed by atoms with Crippen LogP contribution in [0.2, 0.25) is 0 Å². The molecule has 0 aromatic heterocycles. The van der Waals surface area contributed by atoms with Crippen molar-refractivity contribution in [3.8, 4) is 11.5 Å². The number of fused-ring (bicyclic) bond motifs is 3. The van der Waals surface area contributed by atoms with Crippen molar-refractivity contribution in [1.82, 2.24) is 13.5 Å². The second-order valence-electron chi connectivity index (χ2n) is 8.07. The molecule has 0 unspecified atom stereocenters. The van der Waals surface area contributed by atoms with Crippen LogP contribution in [-0.2, 0) is 10.2 Å². The van der Waals surface area contributed by atoms with E-state index in [0.29, 0.717) is 19.0 Å². The van der Waals surface area contributed by atoms with E-state index in [1.807, 2.05) is 19.1 Å². The van der Waals surface area contributed by atoms with Crippen molar-refractivity contribution >= 4 is 10.2 Å². The van der Waals surface area contributed by atoms with Crippen molar-refractivity contribution in [2.75, 3.05) is 40.0 Å². The summed E-state index contributed by atoms with van der Waals surface area (Å²) in [5.41, 5.74) is 1.15. The molecule has 7 nitrogen and oxygen atoms in total. The molecule has 5 heterocycles. The van der Waals surface area contributed by atoms with Gasteiger partial charge in [-0.15, -0.1) is 0 Å². The molecule has 2 bridgehead atoms. The van der Waals surface area contributed by atoms with Crippen LogP contribution in [0.3, 0.4) is 0 Å². The molecule has 8 heteroatoms. The smallest absolute Gasteiger partial charge is 0.282 e. The summed E-state index contributed by atoms with van der Waals surface area (Å²) in [5.74, 6) is 2.16. The second-order valence-corrected chi connectivity index (χ2v) is 10.1. The molecule has 5 aliphatic heterocycles. The molecule has 1 aromatic carbocycles. The van der Waals surface area contributed by atoms with Crippen LogP contribution in [0.15, 0.2) is 18.2 Å². The summed E-state index contributed by atoms with van der Waals surface area (Å²) < 4.78 is 40.8. The normalized spacial score (nSPS) is 35.0. The van der Waals surface area contributed by atoms with Crippen LogP contribution in [0.5, 0.6) is 11.5 Å². The minimum Gasteiger partial charge on any atom is -0.454 e. The van der Waals surface area contributed by atoms with Gasteiger partial charge in [0.15, 0.2) is 11.5 Å². The first kappa shape index (κ1) is 17.7. The average Bonchev–Trinajstić information content (AvgIpc) is 3.33. The standard InChI is InChI=1S/C19H27N3O4S/c1-3-20(2)27(23,24)22-11-15(14-4-5-16-17(10-14)26-12-25-16)19-18(22)13-6-8-21(19)9-7-13/h4-5,10,13,15,18-19H,3,6-9,11-12H2,1-2H3/t15-,18+,19+/m1/s1. The lowest BCUT2D eigenvalue weighted by Gasteiger charge is -2.51. The highest BCUT2D eigenvalue weighted by Gasteiger charge is 2.57. The van der Waals surface area contributed by atoms with Gasteiger partial charge in [0, 0.05) is 38.1 Å². The van der Waals surface area contributed by atoms with E-state index in [2.05, 4.69) is 11.0 Å². The van der Waals surface area contributed by atoms with E-state index in [0.717, 1.165) is 43.0 Å². The minimum absolute atomic E-state index is 0.0712. The molecule has 0 saturated carbocycles. The highest BCUT2D eigenvalue weighted by molar-refractivity contribution is 7.86. The molecular weight excluding hydrogens is 366 g/mol. The van der Waals surface area contributed by atoms with Crippen LogP contribution >= 0.6 is 0 Å². The van der Waals surface area contributed by atoms with E-state index in [1.54, 1.807) is 11.4 Å². The zero-order valence-electron chi connectivity index (χ0n) is 15.9. The number of benzene rings is 1. The molecular formula is C19H27N3O4S. The Morgan fingerprint density at radius 3 is 2.63 bits per heavy atom. The molecule has 0 radical (unpaired) electrons. The summed E-state index contributed by atoms with van der Waals surface area (Å²) in [5, 5.41) is 0. The quantitative estimate of drug-likeness (QED) is 0.775. The Morgan fingerprint density at radius 2 is 1.89 bits per heavy atom. The Bertz CT molecular complexity index is 837.